The molecule has 0 fully saturated rings. The molecule has 0 aliphatic rings. The minimum Gasteiger partial charge on any atom is -0.459 e. The second kappa shape index (κ2) is 10.7. The number of nitrogens with one attached hydrogen (secondary N) is 1. The van der Waals surface area contributed by atoms with Gasteiger partial charge in [0, 0.05) is 5.33 Å². The van der Waals surface area contributed by atoms with Crippen LogP contribution in [0.4, 0.5) is 0 Å². The highest BCUT2D eigenvalue weighted by atomic mass is 79.9. The summed E-state index contributed by atoms with van der Waals surface area (Å²) in [6.07, 6.45) is -0.984. The molecule has 0 spiro atoms. The van der Waals surface area contributed by atoms with E-state index >= 15 is 0 Å². The molecule has 0 saturated carbocycles. The lowest BCUT2D eigenvalue weighted by Gasteiger charge is -2.23. The van der Waals surface area contributed by atoms with Crippen LogP contribution in [-0.4, -0.2) is 38.2 Å². The topological polar surface area (TPSA) is 92.7 Å². The van der Waals surface area contributed by atoms with E-state index in [1.54, 1.807) is 25.1 Å². The molecule has 1 unspecified atom stereocenters. The molecule has 2 aromatic carbocycles. The van der Waals surface area contributed by atoms with Crippen molar-refractivity contribution in [2.75, 3.05) is 6.61 Å². The van der Waals surface area contributed by atoms with Gasteiger partial charge in [-0.25, -0.2) is 17.9 Å². The number of carbonyl (C=O) groups is 1. The number of ether oxygens (including phenoxy) is 1. The van der Waals surface area contributed by atoms with Crippen molar-refractivity contribution in [2.24, 2.45) is 0 Å². The Morgan fingerprint density at radius 2 is 1.83 bits per heavy atom. The Morgan fingerprint density at radius 3 is 2.41 bits per heavy atom. The summed E-state index contributed by atoms with van der Waals surface area (Å²) in [7, 11) is -3.87. The molecule has 0 heterocycles. The number of hydrogen-bond acceptors (Lipinski definition) is 5. The highest BCUT2D eigenvalue weighted by molar-refractivity contribution is 9.08. The highest BCUT2D eigenvalue weighted by Gasteiger charge is 2.26. The standard InChI is InChI=1S/C19H20BrCl2NO5S/c1-2-16(23-29(26,27)13-6-3-5-12(9-13)10-20)17(24)11-28-19(25)18-14(21)7-4-8-15(18)22/h3-9,16-17,23-24H,2,10-11H2,1H3/t16-,17?/m0/s1. The first-order chi connectivity index (χ1) is 13.7. The van der Waals surface area contributed by atoms with E-state index in [2.05, 4.69) is 20.7 Å². The van der Waals surface area contributed by atoms with E-state index in [4.69, 9.17) is 27.9 Å². The lowest BCUT2D eigenvalue weighted by molar-refractivity contribution is 0.0176. The molecule has 6 nitrogen and oxygen atoms in total. The van der Waals surface area contributed by atoms with Crippen LogP contribution < -0.4 is 4.72 Å². The van der Waals surface area contributed by atoms with E-state index < -0.39 is 34.7 Å². The zero-order valence-electron chi connectivity index (χ0n) is 15.4. The molecule has 0 radical (unpaired) electrons. The Balaban J connectivity index is 2.06. The number of sulfonamides is 1. The van der Waals surface area contributed by atoms with Crippen molar-refractivity contribution in [3.8, 4) is 0 Å². The van der Waals surface area contributed by atoms with Gasteiger partial charge in [0.15, 0.2) is 0 Å². The lowest BCUT2D eigenvalue weighted by atomic mass is 10.1. The fourth-order valence-electron chi connectivity index (χ4n) is 2.54. The summed E-state index contributed by atoms with van der Waals surface area (Å²) in [5, 5.41) is 11.1. The number of esters is 1. The third kappa shape index (κ3) is 6.41. The Kier molecular flexibility index (Phi) is 8.93. The van der Waals surface area contributed by atoms with Gasteiger partial charge in [0.2, 0.25) is 10.0 Å². The van der Waals surface area contributed by atoms with Gasteiger partial charge in [-0.1, -0.05) is 64.3 Å². The average Bonchev–Trinajstić information content (AvgIpc) is 2.70. The van der Waals surface area contributed by atoms with Crippen LogP contribution in [0.3, 0.4) is 0 Å². The maximum Gasteiger partial charge on any atom is 0.341 e. The smallest absolute Gasteiger partial charge is 0.341 e. The third-order valence-corrected chi connectivity index (χ3v) is 6.89. The first kappa shape index (κ1) is 24.1. The van der Waals surface area contributed by atoms with Crippen LogP contribution in [-0.2, 0) is 20.1 Å². The molecule has 2 atom stereocenters. The first-order valence-corrected chi connectivity index (χ1v) is 12.0. The zero-order chi connectivity index (χ0) is 21.6. The Morgan fingerprint density at radius 1 is 1.21 bits per heavy atom. The average molecular weight is 525 g/mol. The van der Waals surface area contributed by atoms with Crippen molar-refractivity contribution in [3.05, 3.63) is 63.6 Å². The van der Waals surface area contributed by atoms with Crippen LogP contribution >= 0.6 is 39.1 Å². The minimum atomic E-state index is -3.87. The van der Waals surface area contributed by atoms with Crippen molar-refractivity contribution in [2.45, 2.75) is 35.7 Å². The van der Waals surface area contributed by atoms with Gasteiger partial charge >= 0.3 is 5.97 Å². The van der Waals surface area contributed by atoms with Crippen molar-refractivity contribution >= 4 is 55.1 Å². The summed E-state index contributed by atoms with van der Waals surface area (Å²) < 4.78 is 32.8. The summed E-state index contributed by atoms with van der Waals surface area (Å²) in [4.78, 5) is 12.3. The number of aliphatic hydroxyl groups excluding tert-OH is 1. The summed E-state index contributed by atoms with van der Waals surface area (Å²) in [6, 6.07) is 10.1. The molecule has 10 heteroatoms. The van der Waals surface area contributed by atoms with E-state index in [1.807, 2.05) is 0 Å². The Hall–Kier alpha value is -1.16. The van der Waals surface area contributed by atoms with Gasteiger partial charge in [-0.15, -0.1) is 0 Å². The summed E-state index contributed by atoms with van der Waals surface area (Å²) in [6.45, 7) is 1.28. The number of hydrogen-bond donors (Lipinski definition) is 2. The van der Waals surface area contributed by atoms with Gasteiger partial charge in [0.25, 0.3) is 0 Å². The fraction of sp³-hybridized carbons (Fsp3) is 0.316. The van der Waals surface area contributed by atoms with Crippen LogP contribution in [0.25, 0.3) is 0 Å². The minimum absolute atomic E-state index is 0.0109. The Labute approximate surface area is 188 Å². The van der Waals surface area contributed by atoms with E-state index in [0.717, 1.165) is 5.56 Å². The van der Waals surface area contributed by atoms with Gasteiger partial charge in [0.05, 0.1) is 26.5 Å². The number of rotatable bonds is 9. The van der Waals surface area contributed by atoms with E-state index in [0.29, 0.717) is 5.33 Å². The monoisotopic (exact) mass is 523 g/mol. The molecular formula is C19H20BrCl2NO5S. The van der Waals surface area contributed by atoms with Crippen LogP contribution in [0.5, 0.6) is 0 Å². The summed E-state index contributed by atoms with van der Waals surface area (Å²) in [5.41, 5.74) is 0.787. The van der Waals surface area contributed by atoms with Crippen LogP contribution in [0.15, 0.2) is 47.4 Å². The zero-order valence-corrected chi connectivity index (χ0v) is 19.4. The molecule has 158 valence electrons. The summed E-state index contributed by atoms with van der Waals surface area (Å²) in [5.74, 6) is -0.803. The van der Waals surface area contributed by atoms with Crippen molar-refractivity contribution < 1.29 is 23.1 Å². The molecule has 2 N–H and O–H groups in total. The number of carbonyl (C=O) groups excluding carboxylic acids is 1. The predicted octanol–water partition coefficient (Wildman–Crippen LogP) is 4.16. The largest absolute Gasteiger partial charge is 0.459 e. The molecule has 2 rings (SSSR count). The van der Waals surface area contributed by atoms with E-state index in [1.165, 1.54) is 24.3 Å². The molecule has 2 aromatic rings. The number of halogens is 3. The van der Waals surface area contributed by atoms with Crippen LogP contribution in [0, 0.1) is 0 Å². The number of alkyl halides is 1. The molecule has 29 heavy (non-hydrogen) atoms. The molecule has 0 aromatic heterocycles. The van der Waals surface area contributed by atoms with E-state index in [-0.39, 0.29) is 26.9 Å². The number of benzene rings is 2. The Bertz CT molecular complexity index is 951. The predicted molar refractivity (Wildman–Crippen MR) is 116 cm³/mol. The number of aliphatic hydroxyl groups is 1. The second-order valence-corrected chi connectivity index (χ2v) is 9.27. The van der Waals surface area contributed by atoms with E-state index in [9.17, 15) is 18.3 Å². The SMILES string of the molecule is CC[C@H](NS(=O)(=O)c1cccc(CBr)c1)C(O)COC(=O)c1c(Cl)cccc1Cl. The van der Waals surface area contributed by atoms with Gasteiger partial charge < -0.3 is 9.84 Å². The van der Waals surface area contributed by atoms with Gasteiger partial charge in [-0.05, 0) is 36.2 Å². The van der Waals surface area contributed by atoms with Crippen LogP contribution in [0.2, 0.25) is 10.0 Å². The molecule has 0 bridgehead atoms. The van der Waals surface area contributed by atoms with Gasteiger partial charge in [-0.3, -0.25) is 0 Å². The summed E-state index contributed by atoms with van der Waals surface area (Å²) >= 11 is 15.2. The molecule has 0 aliphatic carbocycles. The maximum absolute atomic E-state index is 12.6. The van der Waals surface area contributed by atoms with Gasteiger partial charge in [-0.2, -0.15) is 0 Å². The molecule has 0 aliphatic heterocycles. The van der Waals surface area contributed by atoms with Crippen molar-refractivity contribution in [1.29, 1.82) is 0 Å². The lowest BCUT2D eigenvalue weighted by Crippen LogP contribution is -2.45. The van der Waals surface area contributed by atoms with Crippen molar-refractivity contribution in [3.63, 3.8) is 0 Å². The highest BCUT2D eigenvalue weighted by Crippen LogP contribution is 2.25. The normalized spacial score (nSPS) is 13.7. The van der Waals surface area contributed by atoms with Crippen LogP contribution in [0.1, 0.15) is 29.3 Å². The molecule has 0 saturated heterocycles. The third-order valence-electron chi connectivity index (χ3n) is 4.13. The maximum atomic E-state index is 12.6. The van der Waals surface area contributed by atoms with Crippen molar-refractivity contribution in [1.82, 2.24) is 4.72 Å². The fourth-order valence-corrected chi connectivity index (χ4v) is 4.86. The second-order valence-electron chi connectivity index (χ2n) is 6.18. The molecular weight excluding hydrogens is 505 g/mol. The first-order valence-electron chi connectivity index (χ1n) is 8.66. The van der Waals surface area contributed by atoms with Gasteiger partial charge in [0.1, 0.15) is 12.7 Å². The quantitative estimate of drug-likeness (QED) is 0.379. The molecule has 0 amide bonds.